The van der Waals surface area contributed by atoms with Gasteiger partial charge in [0.2, 0.25) is 5.78 Å². The molecule has 0 radical (unpaired) electrons. The fraction of sp³-hybridized carbons (Fsp3) is 0.240. The van der Waals surface area contributed by atoms with Crippen LogP contribution >= 0.6 is 0 Å². The Balaban J connectivity index is 1.77. The Labute approximate surface area is 198 Å². The van der Waals surface area contributed by atoms with E-state index in [1.165, 1.54) is 25.1 Å². The van der Waals surface area contributed by atoms with Gasteiger partial charge in [-0.05, 0) is 70.0 Å². The van der Waals surface area contributed by atoms with Crippen LogP contribution in [0.3, 0.4) is 0 Å². The Hall–Kier alpha value is -3.72. The summed E-state index contributed by atoms with van der Waals surface area (Å²) in [5, 5.41) is 0. The van der Waals surface area contributed by atoms with E-state index in [0.29, 0.717) is 28.1 Å². The van der Waals surface area contributed by atoms with Crippen molar-refractivity contribution in [2.75, 3.05) is 11.3 Å². The van der Waals surface area contributed by atoms with E-state index in [4.69, 9.17) is 4.74 Å². The third-order valence-corrected chi connectivity index (χ3v) is 6.94. The quantitative estimate of drug-likeness (QED) is 0.365. The highest BCUT2D eigenvalue weighted by atomic mass is 32.2. The van der Waals surface area contributed by atoms with Crippen LogP contribution in [0.25, 0.3) is 0 Å². The monoisotopic (exact) mass is 482 g/mol. The van der Waals surface area contributed by atoms with Gasteiger partial charge in [0.1, 0.15) is 0 Å². The maximum Gasteiger partial charge on any atom is 0.338 e. The third-order valence-electron chi connectivity index (χ3n) is 5.42. The second-order valence-corrected chi connectivity index (χ2v) is 9.78. The highest BCUT2D eigenvalue weighted by molar-refractivity contribution is 7.92. The van der Waals surface area contributed by atoms with Crippen LogP contribution in [0, 0.1) is 27.7 Å². The SMILES string of the molecule is CC(=O)c1c(C)[nH]c(C(=O)COC(=O)c2ccc(C)c(S(=O)(=O)Nc3ccc(C)cc3)c2)c1C. The molecule has 0 unspecified atom stereocenters. The number of rotatable bonds is 8. The molecule has 0 spiro atoms. The van der Waals surface area contributed by atoms with Crippen molar-refractivity contribution in [3.63, 3.8) is 0 Å². The molecule has 2 N–H and O–H groups in total. The van der Waals surface area contributed by atoms with Crippen molar-refractivity contribution < 1.29 is 27.5 Å². The van der Waals surface area contributed by atoms with Gasteiger partial charge < -0.3 is 9.72 Å². The van der Waals surface area contributed by atoms with Gasteiger partial charge in [-0.3, -0.25) is 14.3 Å². The minimum atomic E-state index is -3.96. The van der Waals surface area contributed by atoms with Crippen molar-refractivity contribution in [1.29, 1.82) is 0 Å². The number of ether oxygens (including phenoxy) is 1. The van der Waals surface area contributed by atoms with Crippen molar-refractivity contribution in [2.24, 2.45) is 0 Å². The Morgan fingerprint density at radius 3 is 2.21 bits per heavy atom. The average molecular weight is 483 g/mol. The fourth-order valence-corrected chi connectivity index (χ4v) is 5.02. The lowest BCUT2D eigenvalue weighted by atomic mass is 10.1. The number of Topliss-reactive ketones (excluding diaryl/α,β-unsaturated/α-hetero) is 2. The molecule has 8 nitrogen and oxygen atoms in total. The topological polar surface area (TPSA) is 122 Å². The number of aromatic amines is 1. The van der Waals surface area contributed by atoms with Crippen LogP contribution < -0.4 is 4.72 Å². The summed E-state index contributed by atoms with van der Waals surface area (Å²) in [5.74, 6) is -1.51. The summed E-state index contributed by atoms with van der Waals surface area (Å²) in [5.41, 5.74) is 3.51. The molecule has 0 aliphatic carbocycles. The van der Waals surface area contributed by atoms with E-state index in [1.807, 2.05) is 6.92 Å². The summed E-state index contributed by atoms with van der Waals surface area (Å²) in [7, 11) is -3.96. The Kier molecular flexibility index (Phi) is 7.07. The number of hydrogen-bond donors (Lipinski definition) is 2. The van der Waals surface area contributed by atoms with Crippen LogP contribution in [0.1, 0.15) is 60.5 Å². The molecule has 0 atom stereocenters. The van der Waals surface area contributed by atoms with Crippen molar-refractivity contribution in [2.45, 2.75) is 39.5 Å². The number of anilines is 1. The summed E-state index contributed by atoms with van der Waals surface area (Å²) in [4.78, 5) is 39.7. The number of H-pyrrole nitrogens is 1. The molecule has 178 valence electrons. The summed E-state index contributed by atoms with van der Waals surface area (Å²) in [6.45, 7) is 7.69. The zero-order valence-electron chi connectivity index (χ0n) is 19.6. The molecule has 0 saturated carbocycles. The predicted octanol–water partition coefficient (Wildman–Crippen LogP) is 4.29. The van der Waals surface area contributed by atoms with Crippen molar-refractivity contribution in [3.05, 3.63) is 81.7 Å². The van der Waals surface area contributed by atoms with Crippen LogP contribution in [-0.2, 0) is 14.8 Å². The molecule has 3 rings (SSSR count). The van der Waals surface area contributed by atoms with Crippen LogP contribution in [0.5, 0.6) is 0 Å². The highest BCUT2D eigenvalue weighted by Gasteiger charge is 2.23. The van der Waals surface area contributed by atoms with Crippen LogP contribution in [0.2, 0.25) is 0 Å². The lowest BCUT2D eigenvalue weighted by Crippen LogP contribution is -2.17. The van der Waals surface area contributed by atoms with E-state index in [-0.39, 0.29) is 21.9 Å². The number of aryl methyl sites for hydroxylation is 3. The first kappa shape index (κ1) is 24.9. The van der Waals surface area contributed by atoms with Gasteiger partial charge in [0.25, 0.3) is 10.0 Å². The summed E-state index contributed by atoms with van der Waals surface area (Å²) in [6, 6.07) is 11.0. The number of carbonyl (C=O) groups is 3. The average Bonchev–Trinajstić information content (AvgIpc) is 3.07. The van der Waals surface area contributed by atoms with E-state index in [0.717, 1.165) is 5.56 Å². The number of sulfonamides is 1. The number of hydrogen-bond acceptors (Lipinski definition) is 6. The molecule has 9 heteroatoms. The molecular formula is C25H26N2O6S. The minimum Gasteiger partial charge on any atom is -0.454 e. The Morgan fingerprint density at radius 1 is 0.971 bits per heavy atom. The first-order valence-corrected chi connectivity index (χ1v) is 12.0. The van der Waals surface area contributed by atoms with Crippen LogP contribution in [-0.4, -0.2) is 37.5 Å². The maximum absolute atomic E-state index is 12.9. The highest BCUT2D eigenvalue weighted by Crippen LogP contribution is 2.22. The van der Waals surface area contributed by atoms with Crippen molar-refractivity contribution in [1.82, 2.24) is 4.98 Å². The normalized spacial score (nSPS) is 11.2. The van der Waals surface area contributed by atoms with Gasteiger partial charge in [-0.1, -0.05) is 23.8 Å². The summed E-state index contributed by atoms with van der Waals surface area (Å²) in [6.07, 6.45) is 0. The predicted molar refractivity (Wildman–Crippen MR) is 128 cm³/mol. The first-order chi connectivity index (χ1) is 15.9. The number of carbonyl (C=O) groups excluding carboxylic acids is 3. The minimum absolute atomic E-state index is 0.00788. The lowest BCUT2D eigenvalue weighted by Gasteiger charge is -2.12. The molecular weight excluding hydrogens is 456 g/mol. The van der Waals surface area contributed by atoms with Crippen LogP contribution in [0.15, 0.2) is 47.4 Å². The summed E-state index contributed by atoms with van der Waals surface area (Å²) < 4.78 is 33.5. The zero-order valence-corrected chi connectivity index (χ0v) is 20.4. The Bertz CT molecular complexity index is 1390. The molecule has 0 aliphatic rings. The van der Waals surface area contributed by atoms with Gasteiger partial charge in [0.05, 0.1) is 16.2 Å². The smallest absolute Gasteiger partial charge is 0.338 e. The van der Waals surface area contributed by atoms with Gasteiger partial charge in [0, 0.05) is 16.9 Å². The fourth-order valence-electron chi connectivity index (χ4n) is 3.69. The summed E-state index contributed by atoms with van der Waals surface area (Å²) >= 11 is 0. The van der Waals surface area contributed by atoms with Crippen molar-refractivity contribution >= 4 is 33.2 Å². The number of aromatic nitrogens is 1. The third kappa shape index (κ3) is 5.26. The number of nitrogens with one attached hydrogen (secondary N) is 2. The molecule has 0 saturated heterocycles. The second-order valence-electron chi connectivity index (χ2n) is 8.13. The van der Waals surface area contributed by atoms with E-state index in [2.05, 4.69) is 9.71 Å². The number of ketones is 2. The van der Waals surface area contributed by atoms with Crippen molar-refractivity contribution in [3.8, 4) is 0 Å². The van der Waals surface area contributed by atoms with E-state index in [9.17, 15) is 22.8 Å². The molecule has 0 aliphatic heterocycles. The molecule has 34 heavy (non-hydrogen) atoms. The molecule has 1 heterocycles. The van der Waals surface area contributed by atoms with Gasteiger partial charge in [-0.25, -0.2) is 13.2 Å². The van der Waals surface area contributed by atoms with E-state index >= 15 is 0 Å². The van der Waals surface area contributed by atoms with E-state index in [1.54, 1.807) is 45.0 Å². The molecule has 0 amide bonds. The lowest BCUT2D eigenvalue weighted by molar-refractivity contribution is 0.0473. The Morgan fingerprint density at radius 2 is 1.62 bits per heavy atom. The largest absolute Gasteiger partial charge is 0.454 e. The molecule has 3 aromatic rings. The number of esters is 1. The maximum atomic E-state index is 12.9. The van der Waals surface area contributed by atoms with Crippen LogP contribution in [0.4, 0.5) is 5.69 Å². The molecule has 0 fully saturated rings. The van der Waals surface area contributed by atoms with Gasteiger partial charge in [-0.2, -0.15) is 0 Å². The van der Waals surface area contributed by atoms with Gasteiger partial charge in [-0.15, -0.1) is 0 Å². The molecule has 1 aromatic heterocycles. The standard InChI is InChI=1S/C25H26N2O6S/c1-14-6-10-20(11-7-14)27-34(31,32)22-12-19(9-8-15(22)2)25(30)33-13-21(29)24-16(3)23(18(5)28)17(4)26-24/h6-12,26-27H,13H2,1-5H3. The molecule has 0 bridgehead atoms. The first-order valence-electron chi connectivity index (χ1n) is 10.5. The van der Waals surface area contributed by atoms with E-state index < -0.39 is 28.4 Å². The molecule has 2 aromatic carbocycles. The van der Waals surface area contributed by atoms with Gasteiger partial charge >= 0.3 is 5.97 Å². The van der Waals surface area contributed by atoms with Gasteiger partial charge in [0.15, 0.2) is 12.4 Å². The number of benzene rings is 2. The second kappa shape index (κ2) is 9.64. The zero-order chi connectivity index (χ0) is 25.2.